The van der Waals surface area contributed by atoms with Crippen LogP contribution in [0.25, 0.3) is 0 Å². The van der Waals surface area contributed by atoms with Crippen molar-refractivity contribution in [2.24, 2.45) is 0 Å². The molecule has 0 N–H and O–H groups in total. The van der Waals surface area contributed by atoms with Crippen LogP contribution in [-0.4, -0.2) is 22.3 Å². The lowest BCUT2D eigenvalue weighted by molar-refractivity contribution is 0.230. The molecule has 1 aromatic carbocycles. The lowest BCUT2D eigenvalue weighted by atomic mass is 10.1. The number of benzene rings is 1. The van der Waals surface area contributed by atoms with Gasteiger partial charge in [-0.05, 0) is 25.7 Å². The van der Waals surface area contributed by atoms with E-state index >= 15 is 0 Å². The molecule has 0 atom stereocenters. The fourth-order valence-electron chi connectivity index (χ4n) is 1.74. The number of aromatic nitrogens is 2. The molecule has 0 fully saturated rings. The maximum absolute atomic E-state index is 5.67. The zero-order valence-electron chi connectivity index (χ0n) is 11.5. The standard InChI is InChI=1S/C15H18N2OS/c1-11(2)18-14-10-13(16-15(17-14)19-3)9-12-7-5-4-6-8-12/h4-8,10-11H,9H2,1-3H3. The summed E-state index contributed by atoms with van der Waals surface area (Å²) in [5.74, 6) is 0.653. The first-order valence-electron chi connectivity index (χ1n) is 6.30. The van der Waals surface area contributed by atoms with Crippen LogP contribution in [0, 0.1) is 0 Å². The number of ether oxygens (including phenoxy) is 1. The van der Waals surface area contributed by atoms with Gasteiger partial charge in [-0.15, -0.1) is 0 Å². The van der Waals surface area contributed by atoms with Gasteiger partial charge in [-0.25, -0.2) is 4.98 Å². The van der Waals surface area contributed by atoms with Gasteiger partial charge in [-0.2, -0.15) is 4.98 Å². The van der Waals surface area contributed by atoms with Crippen LogP contribution in [0.3, 0.4) is 0 Å². The molecule has 2 aromatic rings. The molecule has 0 radical (unpaired) electrons. The highest BCUT2D eigenvalue weighted by atomic mass is 32.2. The first kappa shape index (κ1) is 13.9. The maximum atomic E-state index is 5.67. The van der Waals surface area contributed by atoms with E-state index in [1.165, 1.54) is 17.3 Å². The van der Waals surface area contributed by atoms with Gasteiger partial charge in [0.1, 0.15) is 0 Å². The molecule has 3 nitrogen and oxygen atoms in total. The van der Waals surface area contributed by atoms with E-state index in [1.54, 1.807) is 0 Å². The van der Waals surface area contributed by atoms with Gasteiger partial charge in [0, 0.05) is 12.5 Å². The lowest BCUT2D eigenvalue weighted by Gasteiger charge is -2.11. The predicted molar refractivity (Wildman–Crippen MR) is 78.8 cm³/mol. The third-order valence-corrected chi connectivity index (χ3v) is 3.05. The van der Waals surface area contributed by atoms with E-state index in [4.69, 9.17) is 4.74 Å². The van der Waals surface area contributed by atoms with Crippen molar-refractivity contribution in [3.8, 4) is 5.88 Å². The van der Waals surface area contributed by atoms with Crippen molar-refractivity contribution in [2.75, 3.05) is 6.26 Å². The van der Waals surface area contributed by atoms with Crippen LogP contribution in [0.1, 0.15) is 25.1 Å². The molecule has 4 heteroatoms. The predicted octanol–water partition coefficient (Wildman–Crippen LogP) is 3.58. The van der Waals surface area contributed by atoms with Crippen molar-refractivity contribution >= 4 is 11.8 Å². The van der Waals surface area contributed by atoms with Gasteiger partial charge >= 0.3 is 0 Å². The molecule has 0 unspecified atom stereocenters. The van der Waals surface area contributed by atoms with E-state index in [-0.39, 0.29) is 6.10 Å². The highest BCUT2D eigenvalue weighted by Crippen LogP contribution is 2.19. The number of nitrogens with zero attached hydrogens (tertiary/aromatic N) is 2. The van der Waals surface area contributed by atoms with E-state index < -0.39 is 0 Å². The van der Waals surface area contributed by atoms with Crippen LogP contribution in [0.4, 0.5) is 0 Å². The molecule has 1 aromatic heterocycles. The summed E-state index contributed by atoms with van der Waals surface area (Å²) in [7, 11) is 0. The van der Waals surface area contributed by atoms with Gasteiger partial charge in [-0.1, -0.05) is 42.1 Å². The summed E-state index contributed by atoms with van der Waals surface area (Å²) in [6, 6.07) is 12.2. The molecule has 100 valence electrons. The summed E-state index contributed by atoms with van der Waals surface area (Å²) >= 11 is 1.53. The Labute approximate surface area is 118 Å². The number of hydrogen-bond donors (Lipinski definition) is 0. The van der Waals surface area contributed by atoms with Gasteiger partial charge in [0.15, 0.2) is 5.16 Å². The van der Waals surface area contributed by atoms with Crippen LogP contribution >= 0.6 is 11.8 Å². The molecule has 0 aliphatic heterocycles. The van der Waals surface area contributed by atoms with Crippen LogP contribution < -0.4 is 4.74 Å². The average Bonchev–Trinajstić information content (AvgIpc) is 2.38. The van der Waals surface area contributed by atoms with Crippen LogP contribution in [0.5, 0.6) is 5.88 Å². The van der Waals surface area contributed by atoms with Crippen molar-refractivity contribution in [3.05, 3.63) is 47.7 Å². The Hall–Kier alpha value is -1.55. The van der Waals surface area contributed by atoms with E-state index in [9.17, 15) is 0 Å². The average molecular weight is 274 g/mol. The largest absolute Gasteiger partial charge is 0.475 e. The van der Waals surface area contributed by atoms with Gasteiger partial charge in [0.25, 0.3) is 0 Å². The Morgan fingerprint density at radius 3 is 2.53 bits per heavy atom. The minimum absolute atomic E-state index is 0.120. The molecule has 0 saturated carbocycles. The van der Waals surface area contributed by atoms with Crippen molar-refractivity contribution < 1.29 is 4.74 Å². The summed E-state index contributed by atoms with van der Waals surface area (Å²) in [4.78, 5) is 8.89. The maximum Gasteiger partial charge on any atom is 0.217 e. The summed E-state index contributed by atoms with van der Waals surface area (Å²) < 4.78 is 5.67. The van der Waals surface area contributed by atoms with Gasteiger partial charge < -0.3 is 4.74 Å². The number of thioether (sulfide) groups is 1. The Kier molecular flexibility index (Phi) is 4.80. The Morgan fingerprint density at radius 1 is 1.16 bits per heavy atom. The SMILES string of the molecule is CSc1nc(Cc2ccccc2)cc(OC(C)C)n1. The minimum Gasteiger partial charge on any atom is -0.475 e. The first-order chi connectivity index (χ1) is 9.17. The second-order valence-electron chi connectivity index (χ2n) is 4.51. The van der Waals surface area contributed by atoms with Crippen molar-refractivity contribution in [1.29, 1.82) is 0 Å². The smallest absolute Gasteiger partial charge is 0.217 e. The normalized spacial score (nSPS) is 10.7. The first-order valence-corrected chi connectivity index (χ1v) is 7.52. The van der Waals surface area contributed by atoms with Crippen molar-refractivity contribution in [3.63, 3.8) is 0 Å². The molecule has 0 saturated heterocycles. The van der Waals surface area contributed by atoms with E-state index in [0.29, 0.717) is 5.88 Å². The molecule has 0 aliphatic carbocycles. The van der Waals surface area contributed by atoms with Gasteiger partial charge in [0.05, 0.1) is 11.8 Å². The molecule has 0 aliphatic rings. The summed E-state index contributed by atoms with van der Waals surface area (Å²) in [5.41, 5.74) is 2.23. The highest BCUT2D eigenvalue weighted by molar-refractivity contribution is 7.98. The third-order valence-electron chi connectivity index (χ3n) is 2.50. The molecule has 0 bridgehead atoms. The highest BCUT2D eigenvalue weighted by Gasteiger charge is 2.07. The Morgan fingerprint density at radius 2 is 1.89 bits per heavy atom. The number of hydrogen-bond acceptors (Lipinski definition) is 4. The van der Waals surface area contributed by atoms with Crippen LogP contribution in [-0.2, 0) is 6.42 Å². The third kappa shape index (κ3) is 4.24. The molecule has 0 spiro atoms. The second-order valence-corrected chi connectivity index (χ2v) is 5.29. The van der Waals surface area contributed by atoms with E-state index in [0.717, 1.165) is 17.3 Å². The molecule has 1 heterocycles. The van der Waals surface area contributed by atoms with E-state index in [1.807, 2.05) is 44.4 Å². The summed E-state index contributed by atoms with van der Waals surface area (Å²) in [6.45, 7) is 4.00. The molecule has 2 rings (SSSR count). The fraction of sp³-hybridized carbons (Fsp3) is 0.333. The fourth-order valence-corrected chi connectivity index (χ4v) is 2.13. The van der Waals surface area contributed by atoms with Crippen LogP contribution in [0.15, 0.2) is 41.6 Å². The molecule has 19 heavy (non-hydrogen) atoms. The zero-order valence-corrected chi connectivity index (χ0v) is 12.3. The summed E-state index contributed by atoms with van der Waals surface area (Å²) in [5, 5.41) is 0.754. The Balaban J connectivity index is 2.24. The molecule has 0 amide bonds. The monoisotopic (exact) mass is 274 g/mol. The quantitative estimate of drug-likeness (QED) is 0.616. The van der Waals surface area contributed by atoms with Gasteiger partial charge in [0.2, 0.25) is 5.88 Å². The number of rotatable bonds is 5. The summed E-state index contributed by atoms with van der Waals surface area (Å²) in [6.07, 6.45) is 2.89. The topological polar surface area (TPSA) is 35.0 Å². The lowest BCUT2D eigenvalue weighted by Crippen LogP contribution is -2.08. The minimum atomic E-state index is 0.120. The van der Waals surface area contributed by atoms with Crippen molar-refractivity contribution in [2.45, 2.75) is 31.5 Å². The van der Waals surface area contributed by atoms with Gasteiger partial charge in [-0.3, -0.25) is 0 Å². The molecular formula is C15H18N2OS. The van der Waals surface area contributed by atoms with Crippen molar-refractivity contribution in [1.82, 2.24) is 9.97 Å². The zero-order chi connectivity index (χ0) is 13.7. The van der Waals surface area contributed by atoms with E-state index in [2.05, 4.69) is 22.1 Å². The van der Waals surface area contributed by atoms with Crippen LogP contribution in [0.2, 0.25) is 0 Å². The second kappa shape index (κ2) is 6.57. The molecular weight excluding hydrogens is 256 g/mol. The Bertz CT molecular complexity index is 529.